The van der Waals surface area contributed by atoms with Crippen LogP contribution in [0.4, 0.5) is 0 Å². The highest BCUT2D eigenvalue weighted by molar-refractivity contribution is 6.14. The minimum Gasteiger partial charge on any atom is -0.478 e. The first-order valence-electron chi connectivity index (χ1n) is 9.92. The molecule has 1 aromatic heterocycles. The number of aryl methyl sites for hydroxylation is 1. The molecule has 0 saturated carbocycles. The van der Waals surface area contributed by atoms with Gasteiger partial charge in [0.1, 0.15) is 12.2 Å². The number of aromatic nitrogens is 2. The van der Waals surface area contributed by atoms with Gasteiger partial charge in [-0.1, -0.05) is 12.1 Å². The lowest BCUT2D eigenvalue weighted by Gasteiger charge is -2.09. The Balaban J connectivity index is 2.50. The van der Waals surface area contributed by atoms with Crippen LogP contribution in [0.25, 0.3) is 11.8 Å². The third kappa shape index (κ3) is 6.05. The molecule has 1 heterocycles. The number of esters is 2. The maximum absolute atomic E-state index is 13.0. The average molecular weight is 460 g/mol. The predicted octanol–water partition coefficient (Wildman–Crippen LogP) is 2.23. The SMILES string of the molecule is CCOC(=O)C(=CC=Cc1c(C)[nH]n(-c2cc(C(=O)O)ccc2COO)c1=O)C(=O)OCC. The van der Waals surface area contributed by atoms with Gasteiger partial charge in [0, 0.05) is 11.3 Å². The van der Waals surface area contributed by atoms with Crippen LogP contribution in [0.2, 0.25) is 0 Å². The first-order chi connectivity index (χ1) is 15.7. The zero-order chi connectivity index (χ0) is 24.5. The molecule has 11 heteroatoms. The Morgan fingerprint density at radius 2 is 1.76 bits per heavy atom. The van der Waals surface area contributed by atoms with Gasteiger partial charge in [0.05, 0.1) is 30.0 Å². The highest BCUT2D eigenvalue weighted by Gasteiger charge is 2.20. The third-order valence-corrected chi connectivity index (χ3v) is 4.43. The number of aromatic carboxylic acids is 1. The second-order valence-corrected chi connectivity index (χ2v) is 6.59. The van der Waals surface area contributed by atoms with E-state index in [1.807, 2.05) is 0 Å². The van der Waals surface area contributed by atoms with Gasteiger partial charge in [0.25, 0.3) is 5.56 Å². The van der Waals surface area contributed by atoms with Gasteiger partial charge in [0.2, 0.25) is 0 Å². The molecule has 11 nitrogen and oxygen atoms in total. The Kier molecular flexibility index (Phi) is 8.89. The number of hydrogen-bond donors (Lipinski definition) is 3. The molecule has 33 heavy (non-hydrogen) atoms. The molecule has 0 saturated heterocycles. The van der Waals surface area contributed by atoms with Crippen molar-refractivity contribution >= 4 is 24.0 Å². The normalized spacial score (nSPS) is 10.8. The number of carbonyl (C=O) groups is 3. The Labute approximate surface area is 188 Å². The summed E-state index contributed by atoms with van der Waals surface area (Å²) in [6, 6.07) is 4.00. The van der Waals surface area contributed by atoms with E-state index in [0.29, 0.717) is 11.3 Å². The van der Waals surface area contributed by atoms with Crippen molar-refractivity contribution < 1.29 is 39.1 Å². The minimum atomic E-state index is -1.19. The largest absolute Gasteiger partial charge is 0.478 e. The number of rotatable bonds is 10. The second kappa shape index (κ2) is 11.6. The van der Waals surface area contributed by atoms with Gasteiger partial charge >= 0.3 is 17.9 Å². The first-order valence-corrected chi connectivity index (χ1v) is 9.92. The molecule has 2 rings (SSSR count). The topological polar surface area (TPSA) is 157 Å². The summed E-state index contributed by atoms with van der Waals surface area (Å²) < 4.78 is 10.8. The van der Waals surface area contributed by atoms with Gasteiger partial charge in [-0.25, -0.2) is 24.0 Å². The first kappa shape index (κ1) is 25.3. The lowest BCUT2D eigenvalue weighted by Crippen LogP contribution is -2.18. The highest BCUT2D eigenvalue weighted by atomic mass is 17.1. The molecule has 0 aliphatic heterocycles. The van der Waals surface area contributed by atoms with Crippen LogP contribution >= 0.6 is 0 Å². The fourth-order valence-electron chi connectivity index (χ4n) is 2.90. The van der Waals surface area contributed by atoms with E-state index in [1.165, 1.54) is 36.4 Å². The molecule has 0 atom stereocenters. The van der Waals surface area contributed by atoms with Gasteiger partial charge in [-0.15, -0.1) is 0 Å². The van der Waals surface area contributed by atoms with Crippen LogP contribution in [0.5, 0.6) is 0 Å². The Morgan fingerprint density at radius 3 is 2.30 bits per heavy atom. The molecule has 0 aliphatic carbocycles. The van der Waals surface area contributed by atoms with Crippen LogP contribution < -0.4 is 5.56 Å². The summed E-state index contributed by atoms with van der Waals surface area (Å²) in [6.45, 7) is 4.65. The number of carbonyl (C=O) groups excluding carboxylic acids is 2. The fourth-order valence-corrected chi connectivity index (χ4v) is 2.90. The van der Waals surface area contributed by atoms with Gasteiger partial charge in [0.15, 0.2) is 0 Å². The van der Waals surface area contributed by atoms with E-state index in [9.17, 15) is 24.3 Å². The van der Waals surface area contributed by atoms with Gasteiger partial charge in [-0.05, 0) is 45.1 Å². The summed E-state index contributed by atoms with van der Waals surface area (Å²) in [5.41, 5.74) is 0.205. The van der Waals surface area contributed by atoms with Crippen molar-refractivity contribution in [3.05, 3.63) is 68.7 Å². The molecule has 0 bridgehead atoms. The van der Waals surface area contributed by atoms with Crippen LogP contribution in [-0.4, -0.2) is 51.3 Å². The van der Waals surface area contributed by atoms with Gasteiger partial charge < -0.3 is 14.6 Å². The lowest BCUT2D eigenvalue weighted by molar-refractivity contribution is -0.252. The molecule has 176 valence electrons. The molecule has 0 radical (unpaired) electrons. The van der Waals surface area contributed by atoms with Crippen molar-refractivity contribution in [3.8, 4) is 5.69 Å². The molecular formula is C22H24N2O9. The van der Waals surface area contributed by atoms with E-state index in [1.54, 1.807) is 20.8 Å². The Bertz CT molecular complexity index is 1140. The summed E-state index contributed by atoms with van der Waals surface area (Å²) in [5, 5.41) is 20.9. The van der Waals surface area contributed by atoms with Crippen LogP contribution in [0.3, 0.4) is 0 Å². The zero-order valence-corrected chi connectivity index (χ0v) is 18.3. The van der Waals surface area contributed by atoms with Crippen molar-refractivity contribution in [2.24, 2.45) is 0 Å². The maximum Gasteiger partial charge on any atom is 0.345 e. The number of hydrogen-bond acceptors (Lipinski definition) is 8. The summed E-state index contributed by atoms with van der Waals surface area (Å²) in [5.74, 6) is -2.91. The molecule has 0 fully saturated rings. The minimum absolute atomic E-state index is 0.0657. The number of ether oxygens (including phenoxy) is 2. The quantitative estimate of drug-likeness (QED) is 0.0919. The Hall–Kier alpha value is -3.96. The average Bonchev–Trinajstić information content (AvgIpc) is 3.05. The molecule has 0 spiro atoms. The van der Waals surface area contributed by atoms with Gasteiger partial charge in [-0.2, -0.15) is 0 Å². The summed E-state index contributed by atoms with van der Waals surface area (Å²) in [4.78, 5) is 52.6. The smallest absolute Gasteiger partial charge is 0.345 e. The summed E-state index contributed by atoms with van der Waals surface area (Å²) in [7, 11) is 0. The standard InChI is InChI=1S/C22H24N2O9/c1-4-31-21(28)17(22(29)32-5-2)8-6-7-16-13(3)23-24(19(16)25)18-11-14(20(26)27)9-10-15(18)12-33-30/h6-11,23,30H,4-5,12H2,1-3H3,(H,26,27). The third-order valence-electron chi connectivity index (χ3n) is 4.43. The number of benzene rings is 1. The number of aromatic amines is 1. The number of nitrogens with one attached hydrogen (secondary N) is 1. The van der Waals surface area contributed by atoms with Crippen molar-refractivity contribution in [3.63, 3.8) is 0 Å². The number of carboxylic acid groups (broad SMARTS) is 1. The van der Waals surface area contributed by atoms with Crippen molar-refractivity contribution in [1.29, 1.82) is 0 Å². The van der Waals surface area contributed by atoms with Crippen LogP contribution in [0.1, 0.15) is 41.0 Å². The molecule has 1 aromatic carbocycles. The molecular weight excluding hydrogens is 436 g/mol. The summed E-state index contributed by atoms with van der Waals surface area (Å²) in [6.07, 6.45) is 3.89. The monoisotopic (exact) mass is 460 g/mol. The zero-order valence-electron chi connectivity index (χ0n) is 18.3. The van der Waals surface area contributed by atoms with E-state index in [-0.39, 0.29) is 42.2 Å². The second-order valence-electron chi connectivity index (χ2n) is 6.59. The van der Waals surface area contributed by atoms with Crippen LogP contribution in [0, 0.1) is 6.92 Å². The van der Waals surface area contributed by atoms with E-state index < -0.39 is 23.5 Å². The number of H-pyrrole nitrogens is 1. The van der Waals surface area contributed by atoms with Crippen molar-refractivity contribution in [2.75, 3.05) is 13.2 Å². The molecule has 2 aromatic rings. The number of carboxylic acids is 1. The fraction of sp³-hybridized carbons (Fsp3) is 0.273. The molecule has 3 N–H and O–H groups in total. The van der Waals surface area contributed by atoms with E-state index in [0.717, 1.165) is 4.68 Å². The number of allylic oxidation sites excluding steroid dienone is 2. The number of nitrogens with zero attached hydrogens (tertiary/aromatic N) is 1. The Morgan fingerprint density at radius 1 is 1.12 bits per heavy atom. The van der Waals surface area contributed by atoms with Gasteiger partial charge in [-0.3, -0.25) is 15.2 Å². The van der Waals surface area contributed by atoms with E-state index in [4.69, 9.17) is 14.7 Å². The van der Waals surface area contributed by atoms with Crippen LogP contribution in [-0.2, 0) is 30.6 Å². The van der Waals surface area contributed by atoms with E-state index >= 15 is 0 Å². The van der Waals surface area contributed by atoms with Crippen molar-refractivity contribution in [1.82, 2.24) is 9.78 Å². The molecule has 0 unspecified atom stereocenters. The van der Waals surface area contributed by atoms with Crippen molar-refractivity contribution in [2.45, 2.75) is 27.4 Å². The predicted molar refractivity (Wildman–Crippen MR) is 116 cm³/mol. The lowest BCUT2D eigenvalue weighted by atomic mass is 10.1. The maximum atomic E-state index is 13.0. The molecule has 0 aliphatic rings. The highest BCUT2D eigenvalue weighted by Crippen LogP contribution is 2.18. The molecule has 0 amide bonds. The van der Waals surface area contributed by atoms with E-state index in [2.05, 4.69) is 9.99 Å². The summed E-state index contributed by atoms with van der Waals surface area (Å²) >= 11 is 0. The van der Waals surface area contributed by atoms with Crippen LogP contribution in [0.15, 0.2) is 40.7 Å².